The molecule has 2 rings (SSSR count). The monoisotopic (exact) mass is 301 g/mol. The molecule has 0 spiro atoms. The standard InChI is InChI=1S/C17H19NO4/c1-11(17(20)21)12(2)18-16(19)10-22-15-8-7-13-5-3-4-6-14(13)9-15/h3-9,11-12H,10H2,1-2H3,(H,18,19)(H,20,21). The van der Waals surface area contributed by atoms with Gasteiger partial charge < -0.3 is 15.2 Å². The average Bonchev–Trinajstić information content (AvgIpc) is 2.51. The number of fused-ring (bicyclic) bond motifs is 1. The minimum Gasteiger partial charge on any atom is -0.484 e. The first-order chi connectivity index (χ1) is 10.5. The van der Waals surface area contributed by atoms with Gasteiger partial charge in [-0.1, -0.05) is 30.3 Å². The third-order valence-electron chi connectivity index (χ3n) is 3.62. The summed E-state index contributed by atoms with van der Waals surface area (Å²) >= 11 is 0. The van der Waals surface area contributed by atoms with Gasteiger partial charge in [0.05, 0.1) is 5.92 Å². The fourth-order valence-corrected chi connectivity index (χ4v) is 2.04. The highest BCUT2D eigenvalue weighted by molar-refractivity contribution is 5.84. The minimum absolute atomic E-state index is 0.144. The molecule has 0 saturated carbocycles. The van der Waals surface area contributed by atoms with Gasteiger partial charge in [0.15, 0.2) is 6.61 Å². The number of amides is 1. The lowest BCUT2D eigenvalue weighted by atomic mass is 10.0. The number of hydrogen-bond donors (Lipinski definition) is 2. The second kappa shape index (κ2) is 6.93. The summed E-state index contributed by atoms with van der Waals surface area (Å²) in [6, 6.07) is 13.0. The molecule has 5 heteroatoms. The van der Waals surface area contributed by atoms with Crippen LogP contribution in [0.25, 0.3) is 10.8 Å². The van der Waals surface area contributed by atoms with Gasteiger partial charge in [0.25, 0.3) is 5.91 Å². The van der Waals surface area contributed by atoms with Crippen molar-refractivity contribution in [1.82, 2.24) is 5.32 Å². The zero-order valence-electron chi connectivity index (χ0n) is 12.6. The van der Waals surface area contributed by atoms with Crippen molar-refractivity contribution in [3.63, 3.8) is 0 Å². The van der Waals surface area contributed by atoms with Crippen LogP contribution in [0.1, 0.15) is 13.8 Å². The molecule has 116 valence electrons. The molecule has 0 heterocycles. The van der Waals surface area contributed by atoms with Crippen LogP contribution in [-0.4, -0.2) is 29.6 Å². The second-order valence-corrected chi connectivity index (χ2v) is 5.28. The van der Waals surface area contributed by atoms with Gasteiger partial charge >= 0.3 is 5.97 Å². The van der Waals surface area contributed by atoms with Crippen molar-refractivity contribution in [3.8, 4) is 5.75 Å². The zero-order valence-corrected chi connectivity index (χ0v) is 12.6. The SMILES string of the molecule is CC(NC(=O)COc1ccc2ccccc2c1)C(C)C(=O)O. The van der Waals surface area contributed by atoms with Crippen molar-refractivity contribution in [1.29, 1.82) is 0 Å². The highest BCUT2D eigenvalue weighted by Gasteiger charge is 2.20. The lowest BCUT2D eigenvalue weighted by molar-refractivity contribution is -0.142. The van der Waals surface area contributed by atoms with Gasteiger partial charge in [0.1, 0.15) is 5.75 Å². The number of benzene rings is 2. The van der Waals surface area contributed by atoms with Crippen molar-refractivity contribution in [2.24, 2.45) is 5.92 Å². The predicted octanol–water partition coefficient (Wildman–Crippen LogP) is 2.44. The largest absolute Gasteiger partial charge is 0.484 e. The summed E-state index contributed by atoms with van der Waals surface area (Å²) in [4.78, 5) is 22.6. The zero-order chi connectivity index (χ0) is 16.1. The van der Waals surface area contributed by atoms with Crippen LogP contribution in [0.3, 0.4) is 0 Å². The molecule has 2 atom stereocenters. The van der Waals surface area contributed by atoms with Gasteiger partial charge in [0.2, 0.25) is 0 Å². The number of carbonyl (C=O) groups is 2. The molecular weight excluding hydrogens is 282 g/mol. The van der Waals surface area contributed by atoms with Crippen molar-refractivity contribution >= 4 is 22.6 Å². The van der Waals surface area contributed by atoms with E-state index >= 15 is 0 Å². The van der Waals surface area contributed by atoms with E-state index in [4.69, 9.17) is 9.84 Å². The van der Waals surface area contributed by atoms with E-state index in [0.717, 1.165) is 10.8 Å². The van der Waals surface area contributed by atoms with E-state index in [1.54, 1.807) is 19.9 Å². The van der Waals surface area contributed by atoms with Crippen LogP contribution < -0.4 is 10.1 Å². The summed E-state index contributed by atoms with van der Waals surface area (Å²) in [5.74, 6) is -1.32. The van der Waals surface area contributed by atoms with Crippen LogP contribution >= 0.6 is 0 Å². The van der Waals surface area contributed by atoms with Gasteiger partial charge in [0, 0.05) is 6.04 Å². The number of hydrogen-bond acceptors (Lipinski definition) is 3. The number of rotatable bonds is 6. The number of carboxylic acid groups (broad SMARTS) is 1. The molecule has 0 aliphatic heterocycles. The Hall–Kier alpha value is -2.56. The highest BCUT2D eigenvalue weighted by Crippen LogP contribution is 2.20. The van der Waals surface area contributed by atoms with Crippen molar-refractivity contribution in [2.75, 3.05) is 6.61 Å². The average molecular weight is 301 g/mol. The summed E-state index contributed by atoms with van der Waals surface area (Å²) in [6.07, 6.45) is 0. The van der Waals surface area contributed by atoms with Crippen molar-refractivity contribution in [3.05, 3.63) is 42.5 Å². The second-order valence-electron chi connectivity index (χ2n) is 5.28. The molecule has 0 fully saturated rings. The smallest absolute Gasteiger partial charge is 0.308 e. The summed E-state index contributed by atoms with van der Waals surface area (Å²) in [6.45, 7) is 3.07. The highest BCUT2D eigenvalue weighted by atomic mass is 16.5. The molecule has 0 aliphatic rings. The minimum atomic E-state index is -0.941. The molecule has 0 aromatic heterocycles. The normalized spacial score (nSPS) is 13.4. The molecule has 2 aromatic carbocycles. The molecule has 0 radical (unpaired) electrons. The van der Waals surface area contributed by atoms with Gasteiger partial charge in [-0.3, -0.25) is 9.59 Å². The Labute approximate surface area is 128 Å². The quantitative estimate of drug-likeness (QED) is 0.859. The Bertz CT molecular complexity index is 683. The van der Waals surface area contributed by atoms with Crippen LogP contribution in [-0.2, 0) is 9.59 Å². The van der Waals surface area contributed by atoms with Gasteiger partial charge in [-0.15, -0.1) is 0 Å². The maximum absolute atomic E-state index is 11.8. The maximum Gasteiger partial charge on any atom is 0.308 e. The van der Waals surface area contributed by atoms with Crippen LogP contribution in [0.4, 0.5) is 0 Å². The number of carboxylic acids is 1. The molecule has 0 aliphatic carbocycles. The van der Waals surface area contributed by atoms with E-state index in [1.807, 2.05) is 36.4 Å². The molecule has 2 aromatic rings. The third-order valence-corrected chi connectivity index (χ3v) is 3.62. The fourth-order valence-electron chi connectivity index (χ4n) is 2.04. The Balaban J connectivity index is 1.91. The molecule has 22 heavy (non-hydrogen) atoms. The Morgan fingerprint density at radius 1 is 1.14 bits per heavy atom. The van der Waals surface area contributed by atoms with E-state index < -0.39 is 17.9 Å². The topological polar surface area (TPSA) is 75.6 Å². The van der Waals surface area contributed by atoms with Gasteiger partial charge in [-0.25, -0.2) is 0 Å². The molecule has 2 N–H and O–H groups in total. The maximum atomic E-state index is 11.8. The van der Waals surface area contributed by atoms with Crippen LogP contribution in [0.5, 0.6) is 5.75 Å². The lowest BCUT2D eigenvalue weighted by Crippen LogP contribution is -2.42. The lowest BCUT2D eigenvalue weighted by Gasteiger charge is -2.17. The van der Waals surface area contributed by atoms with Gasteiger partial charge in [-0.2, -0.15) is 0 Å². The molecule has 1 amide bonds. The number of nitrogens with one attached hydrogen (secondary N) is 1. The molecule has 5 nitrogen and oxygen atoms in total. The first kappa shape index (κ1) is 15.8. The third kappa shape index (κ3) is 3.97. The van der Waals surface area contributed by atoms with E-state index in [1.165, 1.54) is 0 Å². The summed E-state index contributed by atoms with van der Waals surface area (Å²) < 4.78 is 5.46. The molecule has 0 saturated heterocycles. The van der Waals surface area contributed by atoms with Gasteiger partial charge in [-0.05, 0) is 36.8 Å². The Kier molecular flexibility index (Phi) is 4.99. The van der Waals surface area contributed by atoms with Crippen LogP contribution in [0, 0.1) is 5.92 Å². The van der Waals surface area contributed by atoms with E-state index in [9.17, 15) is 9.59 Å². The molecule has 2 unspecified atom stereocenters. The van der Waals surface area contributed by atoms with Crippen molar-refractivity contribution < 1.29 is 19.4 Å². The fraction of sp³-hybridized carbons (Fsp3) is 0.294. The summed E-state index contributed by atoms with van der Waals surface area (Å²) in [5, 5.41) is 13.7. The van der Waals surface area contributed by atoms with E-state index in [2.05, 4.69) is 5.32 Å². The number of aliphatic carboxylic acids is 1. The first-order valence-electron chi connectivity index (χ1n) is 7.11. The van der Waals surface area contributed by atoms with Crippen LogP contribution in [0.15, 0.2) is 42.5 Å². The summed E-state index contributed by atoms with van der Waals surface area (Å²) in [7, 11) is 0. The van der Waals surface area contributed by atoms with E-state index in [-0.39, 0.29) is 12.5 Å². The molecule has 0 bridgehead atoms. The number of ether oxygens (including phenoxy) is 1. The predicted molar refractivity (Wildman–Crippen MR) is 83.8 cm³/mol. The Morgan fingerprint density at radius 2 is 1.82 bits per heavy atom. The van der Waals surface area contributed by atoms with Crippen LogP contribution in [0.2, 0.25) is 0 Å². The number of carbonyl (C=O) groups excluding carboxylic acids is 1. The molecular formula is C17H19NO4. The first-order valence-corrected chi connectivity index (χ1v) is 7.11. The van der Waals surface area contributed by atoms with E-state index in [0.29, 0.717) is 5.75 Å². The summed E-state index contributed by atoms with van der Waals surface area (Å²) in [5.41, 5.74) is 0. The van der Waals surface area contributed by atoms with Crippen molar-refractivity contribution in [2.45, 2.75) is 19.9 Å². The Morgan fingerprint density at radius 3 is 2.50 bits per heavy atom.